The summed E-state index contributed by atoms with van der Waals surface area (Å²) in [4.78, 5) is 12.2. The van der Waals surface area contributed by atoms with Crippen molar-refractivity contribution in [3.8, 4) is 0 Å². The Morgan fingerprint density at radius 1 is 1.33 bits per heavy atom. The van der Waals surface area contributed by atoms with Crippen molar-refractivity contribution in [2.45, 2.75) is 52.1 Å². The molecule has 0 heterocycles. The molecule has 0 aliphatic heterocycles. The van der Waals surface area contributed by atoms with Gasteiger partial charge in [-0.2, -0.15) is 0 Å². The van der Waals surface area contributed by atoms with Crippen molar-refractivity contribution < 1.29 is 4.79 Å². The average Bonchev–Trinajstić information content (AvgIpc) is 2.38. The fourth-order valence-corrected chi connectivity index (χ4v) is 2.06. The van der Waals surface area contributed by atoms with Crippen LogP contribution in [0.15, 0.2) is 24.3 Å². The topological polar surface area (TPSA) is 55.1 Å². The van der Waals surface area contributed by atoms with Crippen molar-refractivity contribution in [3.05, 3.63) is 35.4 Å². The molecule has 0 spiro atoms. The third-order valence-corrected chi connectivity index (χ3v) is 3.72. The van der Waals surface area contributed by atoms with E-state index in [1.807, 2.05) is 52.0 Å². The first kappa shape index (κ1) is 14.7. The summed E-state index contributed by atoms with van der Waals surface area (Å²) in [5, 5.41) is 3.02. The van der Waals surface area contributed by atoms with Crippen LogP contribution in [0.3, 0.4) is 0 Å². The van der Waals surface area contributed by atoms with E-state index in [2.05, 4.69) is 5.32 Å². The largest absolute Gasteiger partial charge is 0.348 e. The van der Waals surface area contributed by atoms with E-state index in [0.717, 1.165) is 5.56 Å². The number of amides is 1. The molecule has 0 bridgehead atoms. The zero-order valence-corrected chi connectivity index (χ0v) is 11.8. The molecular weight excluding hydrogens is 224 g/mol. The first-order chi connectivity index (χ1) is 8.44. The Balaban J connectivity index is 2.80. The number of carbonyl (C=O) groups excluding carboxylic acids is 1. The molecule has 0 saturated heterocycles. The Bertz CT molecular complexity index is 411. The van der Waals surface area contributed by atoms with E-state index in [4.69, 9.17) is 5.73 Å². The second-order valence-electron chi connectivity index (χ2n) is 4.91. The smallest absolute Gasteiger partial charge is 0.240 e. The Morgan fingerprint density at radius 2 is 1.89 bits per heavy atom. The molecule has 0 unspecified atom stereocenters. The van der Waals surface area contributed by atoms with Crippen molar-refractivity contribution in [3.63, 3.8) is 0 Å². The van der Waals surface area contributed by atoms with Crippen LogP contribution in [0.2, 0.25) is 0 Å². The minimum absolute atomic E-state index is 0.0141. The summed E-state index contributed by atoms with van der Waals surface area (Å²) in [5.41, 5.74) is 7.66. The summed E-state index contributed by atoms with van der Waals surface area (Å²) < 4.78 is 0. The minimum atomic E-state index is -0.753. The summed E-state index contributed by atoms with van der Waals surface area (Å²) in [6.07, 6.45) is 1.30. The van der Waals surface area contributed by atoms with Crippen LogP contribution in [0.4, 0.5) is 0 Å². The van der Waals surface area contributed by atoms with Crippen LogP contribution >= 0.6 is 0 Å². The van der Waals surface area contributed by atoms with E-state index in [9.17, 15) is 4.79 Å². The number of aryl methyl sites for hydroxylation is 1. The summed E-state index contributed by atoms with van der Waals surface area (Å²) in [7, 11) is 0. The van der Waals surface area contributed by atoms with Gasteiger partial charge in [0.05, 0.1) is 11.6 Å². The van der Waals surface area contributed by atoms with Crippen LogP contribution in [0.25, 0.3) is 0 Å². The molecule has 0 radical (unpaired) electrons. The lowest BCUT2D eigenvalue weighted by Gasteiger charge is -2.28. The zero-order chi connectivity index (χ0) is 13.8. The molecule has 1 aromatic rings. The number of hydrogen-bond acceptors (Lipinski definition) is 2. The first-order valence-electron chi connectivity index (χ1n) is 6.60. The van der Waals surface area contributed by atoms with Gasteiger partial charge in [0, 0.05) is 0 Å². The van der Waals surface area contributed by atoms with Crippen LogP contribution in [-0.4, -0.2) is 11.4 Å². The maximum Gasteiger partial charge on any atom is 0.240 e. The molecule has 3 nitrogen and oxygen atoms in total. The zero-order valence-electron chi connectivity index (χ0n) is 11.8. The molecule has 0 aromatic heterocycles. The van der Waals surface area contributed by atoms with E-state index in [1.165, 1.54) is 5.56 Å². The second-order valence-corrected chi connectivity index (χ2v) is 4.91. The third-order valence-electron chi connectivity index (χ3n) is 3.72. The van der Waals surface area contributed by atoms with Gasteiger partial charge in [-0.25, -0.2) is 0 Å². The number of carbonyl (C=O) groups is 1. The first-order valence-corrected chi connectivity index (χ1v) is 6.60. The Hall–Kier alpha value is -1.35. The lowest BCUT2D eigenvalue weighted by molar-refractivity contribution is -0.127. The van der Waals surface area contributed by atoms with Crippen LogP contribution in [0.5, 0.6) is 0 Å². The fourth-order valence-electron chi connectivity index (χ4n) is 2.06. The number of nitrogens with one attached hydrogen (secondary N) is 1. The van der Waals surface area contributed by atoms with E-state index < -0.39 is 5.54 Å². The maximum absolute atomic E-state index is 12.2. The molecule has 0 aliphatic rings. The molecule has 3 N–H and O–H groups in total. The van der Waals surface area contributed by atoms with Gasteiger partial charge in [0.1, 0.15) is 0 Å². The lowest BCUT2D eigenvalue weighted by Crippen LogP contribution is -2.53. The number of hydrogen-bond donors (Lipinski definition) is 2. The summed E-state index contributed by atoms with van der Waals surface area (Å²) in [6, 6.07) is 8.06. The Morgan fingerprint density at radius 3 is 2.39 bits per heavy atom. The van der Waals surface area contributed by atoms with Gasteiger partial charge in [0.2, 0.25) is 5.91 Å². The number of nitrogens with two attached hydrogens (primary N) is 1. The highest BCUT2D eigenvalue weighted by atomic mass is 16.2. The SMILES string of the molecule is CCC(N)(CC)C(=O)N[C@H](C)c1ccccc1C. The maximum atomic E-state index is 12.2. The highest BCUT2D eigenvalue weighted by Gasteiger charge is 2.30. The number of rotatable bonds is 5. The minimum Gasteiger partial charge on any atom is -0.348 e. The van der Waals surface area contributed by atoms with Gasteiger partial charge >= 0.3 is 0 Å². The highest BCUT2D eigenvalue weighted by Crippen LogP contribution is 2.19. The Labute approximate surface area is 110 Å². The second kappa shape index (κ2) is 6.01. The average molecular weight is 248 g/mol. The number of benzene rings is 1. The molecule has 100 valence electrons. The van der Waals surface area contributed by atoms with Gasteiger partial charge in [-0.15, -0.1) is 0 Å². The van der Waals surface area contributed by atoms with Crippen LogP contribution in [0.1, 0.15) is 50.8 Å². The molecular formula is C15H24N2O. The van der Waals surface area contributed by atoms with Crippen LogP contribution in [0, 0.1) is 6.92 Å². The van der Waals surface area contributed by atoms with E-state index in [0.29, 0.717) is 12.8 Å². The summed E-state index contributed by atoms with van der Waals surface area (Å²) in [6.45, 7) is 7.93. The quantitative estimate of drug-likeness (QED) is 0.841. The molecule has 1 rings (SSSR count). The predicted molar refractivity (Wildman–Crippen MR) is 75.2 cm³/mol. The van der Waals surface area contributed by atoms with Gasteiger partial charge in [-0.3, -0.25) is 4.79 Å². The third kappa shape index (κ3) is 3.10. The predicted octanol–water partition coefficient (Wildman–Crippen LogP) is 2.69. The molecule has 1 amide bonds. The summed E-state index contributed by atoms with van der Waals surface area (Å²) >= 11 is 0. The Kier molecular flexibility index (Phi) is 4.91. The van der Waals surface area contributed by atoms with Gasteiger partial charge in [-0.1, -0.05) is 38.1 Å². The van der Waals surface area contributed by atoms with E-state index >= 15 is 0 Å². The molecule has 1 atom stereocenters. The molecule has 0 aliphatic carbocycles. The molecule has 1 aromatic carbocycles. The monoisotopic (exact) mass is 248 g/mol. The van der Waals surface area contributed by atoms with Crippen molar-refractivity contribution in [1.29, 1.82) is 0 Å². The normalized spacial score (nSPS) is 13.2. The van der Waals surface area contributed by atoms with E-state index in [-0.39, 0.29) is 11.9 Å². The lowest BCUT2D eigenvalue weighted by atomic mass is 9.92. The van der Waals surface area contributed by atoms with Gasteiger partial charge in [-0.05, 0) is 37.8 Å². The fraction of sp³-hybridized carbons (Fsp3) is 0.533. The van der Waals surface area contributed by atoms with Gasteiger partial charge < -0.3 is 11.1 Å². The van der Waals surface area contributed by atoms with Crippen molar-refractivity contribution in [2.75, 3.05) is 0 Å². The molecule has 3 heteroatoms. The summed E-state index contributed by atoms with van der Waals surface area (Å²) in [5.74, 6) is -0.0664. The molecule has 18 heavy (non-hydrogen) atoms. The van der Waals surface area contributed by atoms with Crippen molar-refractivity contribution in [1.82, 2.24) is 5.32 Å². The highest BCUT2D eigenvalue weighted by molar-refractivity contribution is 5.86. The van der Waals surface area contributed by atoms with Crippen molar-refractivity contribution >= 4 is 5.91 Å². The standard InChI is InChI=1S/C15H24N2O/c1-5-15(16,6-2)14(18)17-12(4)13-10-8-7-9-11(13)3/h7-10,12H,5-6,16H2,1-4H3,(H,17,18)/t12-/m1/s1. The van der Waals surface area contributed by atoms with Gasteiger partial charge in [0.15, 0.2) is 0 Å². The van der Waals surface area contributed by atoms with Gasteiger partial charge in [0.25, 0.3) is 0 Å². The van der Waals surface area contributed by atoms with Crippen molar-refractivity contribution in [2.24, 2.45) is 5.73 Å². The van der Waals surface area contributed by atoms with E-state index in [1.54, 1.807) is 0 Å². The van der Waals surface area contributed by atoms with Crippen LogP contribution in [-0.2, 0) is 4.79 Å². The molecule has 0 fully saturated rings. The van der Waals surface area contributed by atoms with Crippen LogP contribution < -0.4 is 11.1 Å². The molecule has 0 saturated carbocycles.